The minimum Gasteiger partial charge on any atom is -2.00 e. The molecule has 40 valence electrons. The summed E-state index contributed by atoms with van der Waals surface area (Å²) < 4.78 is 0. The molecule has 0 aromatic rings. The first-order valence-corrected chi connectivity index (χ1v) is 0. The maximum absolute atomic E-state index is 0. The predicted octanol–water partition coefficient (Wildman–Crippen LogP) is -1.36. The van der Waals surface area contributed by atoms with Gasteiger partial charge in [0.1, 0.15) is 0 Å². The molecule has 0 heterocycles. The van der Waals surface area contributed by atoms with Gasteiger partial charge in [0.25, 0.3) is 0 Å². The minimum absolute atomic E-state index is 0. The van der Waals surface area contributed by atoms with Crippen molar-refractivity contribution in [2.45, 2.75) is 0 Å². The van der Waals surface area contributed by atoms with Gasteiger partial charge in [-0.3, -0.25) is 0 Å². The van der Waals surface area contributed by atoms with Gasteiger partial charge in [-0.25, -0.2) is 0 Å². The van der Waals surface area contributed by atoms with Crippen LogP contribution >= 0.6 is 0 Å². The van der Waals surface area contributed by atoms with Crippen molar-refractivity contribution in [3.63, 3.8) is 0 Å². The summed E-state index contributed by atoms with van der Waals surface area (Å²) in [5.41, 5.74) is 0. The monoisotopic (exact) mass is 262 g/mol. The molecule has 0 aromatic heterocycles. The van der Waals surface area contributed by atoms with E-state index in [1.54, 1.807) is 0 Å². The molecule has 0 aromatic carbocycles. The zero-order valence-electron chi connectivity index (χ0n) is 3.25. The van der Waals surface area contributed by atoms with Crippen LogP contribution in [0.25, 0.3) is 0 Å². The van der Waals surface area contributed by atoms with E-state index in [0.29, 0.717) is 0 Å². The molecule has 0 aliphatic carbocycles. The summed E-state index contributed by atoms with van der Waals surface area (Å²) in [6.45, 7) is 0. The average molecular weight is 263 g/mol. The van der Waals surface area contributed by atoms with Crippen LogP contribution in [0.15, 0.2) is 0 Å². The van der Waals surface area contributed by atoms with Crippen molar-refractivity contribution < 1.29 is 86.3 Å². The molecule has 0 aliphatic rings. The summed E-state index contributed by atoms with van der Waals surface area (Å²) in [5.74, 6) is 0. The number of hydrogen-bond donors (Lipinski definition) is 0. The first-order valence-electron chi connectivity index (χ1n) is 0. The predicted molar refractivity (Wildman–Crippen MR) is 7.61 cm³/mol. The normalized spacial score (nSPS) is 0. The number of rotatable bonds is 0. The van der Waals surface area contributed by atoms with Crippen LogP contribution < -0.4 is 0 Å². The fourth-order valence-electron chi connectivity index (χ4n) is 0. The van der Waals surface area contributed by atoms with Gasteiger partial charge in [-0.15, -0.1) is 0 Å². The molecule has 0 rings (SSSR count). The summed E-state index contributed by atoms with van der Waals surface area (Å²) in [4.78, 5) is 0. The molecule has 0 radical (unpaired) electrons. The van der Waals surface area contributed by atoms with Gasteiger partial charge >= 0.3 is 58.9 Å². The third-order valence-electron chi connectivity index (χ3n) is 0. The Balaban J connectivity index is 0. The summed E-state index contributed by atoms with van der Waals surface area (Å²) in [7, 11) is 0. The van der Waals surface area contributed by atoms with E-state index in [2.05, 4.69) is 0 Å². The number of hydrogen-bond acceptors (Lipinski definition) is 1. The zero-order valence-corrected chi connectivity index (χ0v) is 8.55. The molecular weight excluding hydrogens is 260 g/mol. The molecule has 0 fully saturated rings. The van der Waals surface area contributed by atoms with E-state index in [4.69, 9.17) is 0 Å². The molecule has 0 bridgehead atoms. The van der Waals surface area contributed by atoms with Gasteiger partial charge in [-0.2, -0.15) is 0 Å². The maximum Gasteiger partial charge on any atom is 4.00 e. The Kier molecular flexibility index (Phi) is 2680. The molecule has 0 saturated carbocycles. The molecular formula is H3O5YZr. The Morgan fingerprint density at radius 1 is 0.714 bits per heavy atom. The van der Waals surface area contributed by atoms with Crippen molar-refractivity contribution in [1.82, 2.24) is 0 Å². The van der Waals surface area contributed by atoms with Gasteiger partial charge in [-0.05, 0) is 0 Å². The van der Waals surface area contributed by atoms with Gasteiger partial charge in [0.2, 0.25) is 0 Å². The second kappa shape index (κ2) is 112. The molecule has 7 heteroatoms. The Morgan fingerprint density at radius 3 is 0.714 bits per heavy atom. The standard InChI is InChI=1S/2H2O.3O.Y.Zr/h2*1H2;;;;;/q;;3*-2;+3;+4/p-1. The van der Waals surface area contributed by atoms with E-state index in [1.165, 1.54) is 0 Å². The van der Waals surface area contributed by atoms with Crippen molar-refractivity contribution in [3.8, 4) is 0 Å². The summed E-state index contributed by atoms with van der Waals surface area (Å²) in [6, 6.07) is 0. The van der Waals surface area contributed by atoms with E-state index in [-0.39, 0.29) is 86.3 Å². The third-order valence-corrected chi connectivity index (χ3v) is 0. The second-order valence-electron chi connectivity index (χ2n) is 0. The molecule has 0 saturated heterocycles. The van der Waals surface area contributed by atoms with Crippen molar-refractivity contribution >= 4 is 0 Å². The first kappa shape index (κ1) is 167. The molecule has 0 atom stereocenters. The first-order chi connectivity index (χ1) is 0. The molecule has 5 nitrogen and oxygen atoms in total. The van der Waals surface area contributed by atoms with E-state index >= 15 is 0 Å². The Bertz CT molecular complexity index is 8.04. The SMILES string of the molecule is O.[O-2].[O-2].[O-2].[OH-].[Y+3].[Zr+4]. The molecule has 0 aliphatic heterocycles. The van der Waals surface area contributed by atoms with Crippen LogP contribution in [0.5, 0.6) is 0 Å². The average Bonchev–Trinajstić information content (AvgIpc) is 0. The molecule has 0 amide bonds. The van der Waals surface area contributed by atoms with Crippen LogP contribution in [0.4, 0.5) is 0 Å². The van der Waals surface area contributed by atoms with Gasteiger partial charge in [-0.1, -0.05) is 0 Å². The fraction of sp³-hybridized carbons (Fsp3) is 0. The smallest absolute Gasteiger partial charge is 2.00 e. The van der Waals surface area contributed by atoms with Gasteiger partial charge < -0.3 is 27.4 Å². The molecule has 7 heavy (non-hydrogen) atoms. The van der Waals surface area contributed by atoms with Crippen molar-refractivity contribution in [2.24, 2.45) is 0 Å². The molecule has 3 N–H and O–H groups in total. The minimum atomic E-state index is 0. The zero-order chi connectivity index (χ0) is 0. The van der Waals surface area contributed by atoms with Crippen molar-refractivity contribution in [3.05, 3.63) is 0 Å². The van der Waals surface area contributed by atoms with Crippen LogP contribution in [0.3, 0.4) is 0 Å². The molecule has 0 spiro atoms. The van der Waals surface area contributed by atoms with Gasteiger partial charge in [0.05, 0.1) is 0 Å². The van der Waals surface area contributed by atoms with Gasteiger partial charge in [0.15, 0.2) is 0 Å². The fourth-order valence-corrected chi connectivity index (χ4v) is 0. The van der Waals surface area contributed by atoms with Crippen molar-refractivity contribution in [1.29, 1.82) is 0 Å². The van der Waals surface area contributed by atoms with Crippen LogP contribution in [0.2, 0.25) is 0 Å². The van der Waals surface area contributed by atoms with Gasteiger partial charge in [0, 0.05) is 0 Å². The Labute approximate surface area is 85.4 Å². The van der Waals surface area contributed by atoms with Crippen LogP contribution in [-0.2, 0) is 75.3 Å². The van der Waals surface area contributed by atoms with E-state index in [9.17, 15) is 0 Å². The summed E-state index contributed by atoms with van der Waals surface area (Å²) in [5, 5.41) is 0. The maximum atomic E-state index is 0. The molecule has 0 unspecified atom stereocenters. The Hall–Kier alpha value is 1.79. The van der Waals surface area contributed by atoms with Crippen LogP contribution in [0.1, 0.15) is 0 Å². The van der Waals surface area contributed by atoms with Crippen LogP contribution in [-0.4, -0.2) is 11.0 Å². The van der Waals surface area contributed by atoms with E-state index < -0.39 is 0 Å². The van der Waals surface area contributed by atoms with Crippen LogP contribution in [0, 0.1) is 0 Å². The van der Waals surface area contributed by atoms with Crippen molar-refractivity contribution in [2.75, 3.05) is 0 Å². The largest absolute Gasteiger partial charge is 4.00 e. The quantitative estimate of drug-likeness (QED) is 0.521. The van der Waals surface area contributed by atoms with E-state index in [1.807, 2.05) is 0 Å². The van der Waals surface area contributed by atoms with E-state index in [0.717, 1.165) is 0 Å². The second-order valence-corrected chi connectivity index (χ2v) is 0. The summed E-state index contributed by atoms with van der Waals surface area (Å²) >= 11 is 0. The summed E-state index contributed by atoms with van der Waals surface area (Å²) in [6.07, 6.45) is 0. The topological polar surface area (TPSA) is 147 Å². The third kappa shape index (κ3) is 81.7. The Morgan fingerprint density at radius 2 is 0.714 bits per heavy atom.